The van der Waals surface area contributed by atoms with Gasteiger partial charge in [-0.05, 0) is 62.2 Å². The molecule has 0 amide bonds. The fourth-order valence-corrected chi connectivity index (χ4v) is 2.76. The predicted molar refractivity (Wildman–Crippen MR) is 108 cm³/mol. The van der Waals surface area contributed by atoms with Crippen molar-refractivity contribution in [2.75, 3.05) is 25.1 Å². The number of benzene rings is 2. The standard InChI is InChI=1S/C21H26ClNO4/c1-4-11-27-20-18(22)12-15(13-19(20)25-5-2)14-23-17-9-7-16(8-10-17)21(24)26-6-3/h7-10,12-13,23H,4-6,11,14H2,1-3H3. The first-order chi connectivity index (χ1) is 13.1. The molecule has 0 aliphatic carbocycles. The normalized spacial score (nSPS) is 10.4. The molecule has 0 radical (unpaired) electrons. The highest BCUT2D eigenvalue weighted by atomic mass is 35.5. The van der Waals surface area contributed by atoms with Crippen LogP contribution in [0.2, 0.25) is 5.02 Å². The lowest BCUT2D eigenvalue weighted by Gasteiger charge is -2.15. The largest absolute Gasteiger partial charge is 0.490 e. The maximum absolute atomic E-state index is 11.7. The van der Waals surface area contributed by atoms with Crippen molar-refractivity contribution in [2.24, 2.45) is 0 Å². The molecule has 0 aliphatic rings. The van der Waals surface area contributed by atoms with Gasteiger partial charge in [0, 0.05) is 12.2 Å². The van der Waals surface area contributed by atoms with Crippen molar-refractivity contribution in [1.29, 1.82) is 0 Å². The molecule has 0 fully saturated rings. The van der Waals surface area contributed by atoms with E-state index in [4.69, 9.17) is 25.8 Å². The van der Waals surface area contributed by atoms with Crippen LogP contribution in [0.3, 0.4) is 0 Å². The van der Waals surface area contributed by atoms with Crippen LogP contribution in [0.5, 0.6) is 11.5 Å². The van der Waals surface area contributed by atoms with E-state index in [9.17, 15) is 4.79 Å². The van der Waals surface area contributed by atoms with E-state index in [0.717, 1.165) is 17.7 Å². The Labute approximate surface area is 165 Å². The third-order valence-electron chi connectivity index (χ3n) is 3.71. The van der Waals surface area contributed by atoms with Gasteiger partial charge in [-0.1, -0.05) is 18.5 Å². The molecule has 2 aromatic carbocycles. The van der Waals surface area contributed by atoms with Crippen LogP contribution in [0.25, 0.3) is 0 Å². The van der Waals surface area contributed by atoms with Gasteiger partial charge in [0.2, 0.25) is 0 Å². The molecule has 1 N–H and O–H groups in total. The molecule has 146 valence electrons. The SMILES string of the molecule is CCCOc1c(Cl)cc(CNc2ccc(C(=O)OCC)cc2)cc1OCC. The van der Waals surface area contributed by atoms with Crippen molar-refractivity contribution in [1.82, 2.24) is 0 Å². The van der Waals surface area contributed by atoms with E-state index >= 15 is 0 Å². The molecule has 5 nitrogen and oxygen atoms in total. The first-order valence-corrected chi connectivity index (χ1v) is 9.55. The molecule has 27 heavy (non-hydrogen) atoms. The highest BCUT2D eigenvalue weighted by molar-refractivity contribution is 6.32. The zero-order valence-corrected chi connectivity index (χ0v) is 16.8. The smallest absolute Gasteiger partial charge is 0.338 e. The summed E-state index contributed by atoms with van der Waals surface area (Å²) in [6, 6.07) is 11.0. The summed E-state index contributed by atoms with van der Waals surface area (Å²) < 4.78 is 16.4. The van der Waals surface area contributed by atoms with Gasteiger partial charge in [0.1, 0.15) is 0 Å². The molecule has 0 heterocycles. The number of anilines is 1. The Kier molecular flexibility index (Phi) is 8.27. The van der Waals surface area contributed by atoms with Gasteiger partial charge in [0.25, 0.3) is 0 Å². The second-order valence-electron chi connectivity index (χ2n) is 5.84. The zero-order valence-electron chi connectivity index (χ0n) is 16.0. The van der Waals surface area contributed by atoms with Crippen molar-refractivity contribution < 1.29 is 19.0 Å². The van der Waals surface area contributed by atoms with E-state index in [1.54, 1.807) is 19.1 Å². The van der Waals surface area contributed by atoms with Crippen LogP contribution in [0.1, 0.15) is 43.1 Å². The third kappa shape index (κ3) is 6.07. The van der Waals surface area contributed by atoms with Crippen molar-refractivity contribution in [2.45, 2.75) is 33.7 Å². The number of ether oxygens (including phenoxy) is 3. The van der Waals surface area contributed by atoms with Gasteiger partial charge in [0.05, 0.1) is 30.4 Å². The molecule has 0 spiro atoms. The summed E-state index contributed by atoms with van der Waals surface area (Å²) in [6.07, 6.45) is 0.896. The summed E-state index contributed by atoms with van der Waals surface area (Å²) in [4.78, 5) is 11.7. The van der Waals surface area contributed by atoms with Gasteiger partial charge < -0.3 is 19.5 Å². The van der Waals surface area contributed by atoms with E-state index < -0.39 is 0 Å². The average Bonchev–Trinajstić information content (AvgIpc) is 2.66. The number of hydrogen-bond donors (Lipinski definition) is 1. The summed E-state index contributed by atoms with van der Waals surface area (Å²) in [5, 5.41) is 3.84. The van der Waals surface area contributed by atoms with Crippen LogP contribution in [-0.4, -0.2) is 25.8 Å². The zero-order chi connectivity index (χ0) is 19.6. The maximum atomic E-state index is 11.7. The Morgan fingerprint density at radius 2 is 1.78 bits per heavy atom. The summed E-state index contributed by atoms with van der Waals surface area (Å²) >= 11 is 6.39. The molecule has 0 aliphatic heterocycles. The minimum absolute atomic E-state index is 0.320. The van der Waals surface area contributed by atoms with Crippen LogP contribution >= 0.6 is 11.6 Å². The minimum atomic E-state index is -0.320. The van der Waals surface area contributed by atoms with Gasteiger partial charge in [-0.3, -0.25) is 0 Å². The van der Waals surface area contributed by atoms with Crippen molar-refractivity contribution in [3.63, 3.8) is 0 Å². The molecule has 2 aromatic rings. The molecule has 2 rings (SSSR count). The van der Waals surface area contributed by atoms with Crippen molar-refractivity contribution in [3.8, 4) is 11.5 Å². The second kappa shape index (κ2) is 10.7. The predicted octanol–water partition coefficient (Wildman–Crippen LogP) is 5.32. The van der Waals surface area contributed by atoms with Crippen molar-refractivity contribution in [3.05, 3.63) is 52.5 Å². The topological polar surface area (TPSA) is 56.8 Å². The molecule has 0 saturated heterocycles. The summed E-state index contributed by atoms with van der Waals surface area (Å²) in [6.45, 7) is 7.79. The van der Waals surface area contributed by atoms with Gasteiger partial charge in [0.15, 0.2) is 11.5 Å². The van der Waals surface area contributed by atoms with Crippen LogP contribution in [-0.2, 0) is 11.3 Å². The summed E-state index contributed by atoms with van der Waals surface area (Å²) in [7, 11) is 0. The van der Waals surface area contributed by atoms with Crippen LogP contribution in [0, 0.1) is 0 Å². The molecule has 0 saturated carbocycles. The number of halogens is 1. The molecule has 0 bridgehead atoms. The van der Waals surface area contributed by atoms with Crippen molar-refractivity contribution >= 4 is 23.3 Å². The van der Waals surface area contributed by atoms with Gasteiger partial charge in [-0.15, -0.1) is 0 Å². The Hall–Kier alpha value is -2.40. The van der Waals surface area contributed by atoms with Crippen LogP contribution in [0.4, 0.5) is 5.69 Å². The lowest BCUT2D eigenvalue weighted by atomic mass is 10.1. The number of carbonyl (C=O) groups is 1. The molecule has 0 unspecified atom stereocenters. The number of esters is 1. The van der Waals surface area contributed by atoms with E-state index in [-0.39, 0.29) is 5.97 Å². The Bertz CT molecular complexity index is 747. The maximum Gasteiger partial charge on any atom is 0.338 e. The number of hydrogen-bond acceptors (Lipinski definition) is 5. The Morgan fingerprint density at radius 1 is 1.04 bits per heavy atom. The number of nitrogens with one attached hydrogen (secondary N) is 1. The first-order valence-electron chi connectivity index (χ1n) is 9.18. The van der Waals surface area contributed by atoms with Gasteiger partial charge in [-0.2, -0.15) is 0 Å². The lowest BCUT2D eigenvalue weighted by molar-refractivity contribution is 0.0526. The van der Waals surface area contributed by atoms with Crippen LogP contribution < -0.4 is 14.8 Å². The molecule has 0 aromatic heterocycles. The van der Waals surface area contributed by atoms with E-state index in [0.29, 0.717) is 48.5 Å². The quantitative estimate of drug-likeness (QED) is 0.556. The summed E-state index contributed by atoms with van der Waals surface area (Å²) in [5.41, 5.74) is 2.40. The fraction of sp³-hybridized carbons (Fsp3) is 0.381. The average molecular weight is 392 g/mol. The van der Waals surface area contributed by atoms with Gasteiger partial charge in [-0.25, -0.2) is 4.79 Å². The molecular formula is C21H26ClNO4. The third-order valence-corrected chi connectivity index (χ3v) is 3.99. The fourth-order valence-electron chi connectivity index (χ4n) is 2.47. The van der Waals surface area contributed by atoms with Gasteiger partial charge >= 0.3 is 5.97 Å². The van der Waals surface area contributed by atoms with Crippen LogP contribution in [0.15, 0.2) is 36.4 Å². The van der Waals surface area contributed by atoms with E-state index in [1.165, 1.54) is 0 Å². The minimum Gasteiger partial charge on any atom is -0.490 e. The molecular weight excluding hydrogens is 366 g/mol. The number of rotatable bonds is 10. The lowest BCUT2D eigenvalue weighted by Crippen LogP contribution is -2.06. The van der Waals surface area contributed by atoms with E-state index in [1.807, 2.05) is 38.1 Å². The second-order valence-corrected chi connectivity index (χ2v) is 6.24. The molecule has 6 heteroatoms. The Balaban J connectivity index is 2.07. The highest BCUT2D eigenvalue weighted by Gasteiger charge is 2.13. The summed E-state index contributed by atoms with van der Waals surface area (Å²) in [5.74, 6) is 0.913. The first kappa shape index (κ1) is 20.9. The Morgan fingerprint density at radius 3 is 2.41 bits per heavy atom. The number of carbonyl (C=O) groups excluding carboxylic acids is 1. The highest BCUT2D eigenvalue weighted by Crippen LogP contribution is 2.37. The molecule has 0 atom stereocenters. The van der Waals surface area contributed by atoms with E-state index in [2.05, 4.69) is 5.32 Å². The monoisotopic (exact) mass is 391 g/mol.